The summed E-state index contributed by atoms with van der Waals surface area (Å²) in [5.41, 5.74) is 2.54. The summed E-state index contributed by atoms with van der Waals surface area (Å²) >= 11 is 0. The second-order valence-electron chi connectivity index (χ2n) is 4.33. The average molecular weight is 238 g/mol. The maximum atomic E-state index is 4.44. The third-order valence-corrected chi connectivity index (χ3v) is 3.14. The van der Waals surface area contributed by atoms with Gasteiger partial charge in [-0.2, -0.15) is 5.10 Å². The summed E-state index contributed by atoms with van der Waals surface area (Å²) in [6.45, 7) is 11.9. The Balaban J connectivity index is 2.30. The van der Waals surface area contributed by atoms with E-state index >= 15 is 0 Å². The summed E-state index contributed by atoms with van der Waals surface area (Å²) in [7, 11) is 1.98. The van der Waals surface area contributed by atoms with E-state index in [4.69, 9.17) is 0 Å². The van der Waals surface area contributed by atoms with Crippen LogP contribution in [0.3, 0.4) is 0 Å². The van der Waals surface area contributed by atoms with Crippen molar-refractivity contribution in [2.75, 3.05) is 26.2 Å². The number of rotatable bonds is 8. The van der Waals surface area contributed by atoms with Crippen molar-refractivity contribution in [1.82, 2.24) is 20.0 Å². The van der Waals surface area contributed by atoms with Gasteiger partial charge in [-0.25, -0.2) is 0 Å². The monoisotopic (exact) mass is 238 g/mol. The molecule has 17 heavy (non-hydrogen) atoms. The van der Waals surface area contributed by atoms with E-state index in [0.29, 0.717) is 0 Å². The van der Waals surface area contributed by atoms with Crippen molar-refractivity contribution >= 4 is 0 Å². The molecule has 98 valence electrons. The first-order valence-corrected chi connectivity index (χ1v) is 6.65. The third kappa shape index (κ3) is 4.48. The molecule has 4 heteroatoms. The molecule has 1 aromatic rings. The van der Waals surface area contributed by atoms with E-state index < -0.39 is 0 Å². The fourth-order valence-electron chi connectivity index (χ4n) is 2.03. The lowest BCUT2D eigenvalue weighted by molar-refractivity contribution is 0.302. The molecule has 0 aliphatic rings. The molecule has 0 aliphatic carbocycles. The molecule has 0 aromatic carbocycles. The molecule has 0 fully saturated rings. The van der Waals surface area contributed by atoms with Crippen LogP contribution in [0.2, 0.25) is 0 Å². The summed E-state index contributed by atoms with van der Waals surface area (Å²) < 4.78 is 1.90. The predicted octanol–water partition coefficient (Wildman–Crippen LogP) is 1.41. The Hall–Kier alpha value is -0.870. The molecule has 0 radical (unpaired) electrons. The Bertz CT molecular complexity index is 315. The Morgan fingerprint density at radius 1 is 1.29 bits per heavy atom. The van der Waals surface area contributed by atoms with Crippen molar-refractivity contribution in [2.24, 2.45) is 7.05 Å². The number of likely N-dealkylation sites (N-methyl/N-ethyl adjacent to an activating group) is 1. The average Bonchev–Trinajstić information content (AvgIpc) is 2.70. The van der Waals surface area contributed by atoms with Crippen LogP contribution >= 0.6 is 0 Å². The van der Waals surface area contributed by atoms with Crippen LogP contribution in [0, 0.1) is 0 Å². The molecule has 0 saturated heterocycles. The van der Waals surface area contributed by atoms with E-state index in [2.05, 4.69) is 42.3 Å². The van der Waals surface area contributed by atoms with Gasteiger partial charge in [0, 0.05) is 38.4 Å². The fourth-order valence-corrected chi connectivity index (χ4v) is 2.03. The van der Waals surface area contributed by atoms with Gasteiger partial charge in [-0.3, -0.25) is 4.68 Å². The standard InChI is InChI=1S/C13H26N4/c1-5-13-12(11-16(4)15-13)10-14-8-9-17(6-2)7-3/h11,14H,5-10H2,1-4H3. The van der Waals surface area contributed by atoms with Crippen LogP contribution in [-0.4, -0.2) is 40.9 Å². The van der Waals surface area contributed by atoms with Crippen LogP contribution in [0.1, 0.15) is 32.0 Å². The minimum Gasteiger partial charge on any atom is -0.311 e. The van der Waals surface area contributed by atoms with Gasteiger partial charge in [0.25, 0.3) is 0 Å². The number of nitrogens with zero attached hydrogens (tertiary/aromatic N) is 3. The molecule has 0 bridgehead atoms. The van der Waals surface area contributed by atoms with Gasteiger partial charge in [-0.1, -0.05) is 20.8 Å². The number of aromatic nitrogens is 2. The lowest BCUT2D eigenvalue weighted by Crippen LogP contribution is -2.31. The van der Waals surface area contributed by atoms with Gasteiger partial charge >= 0.3 is 0 Å². The molecule has 0 unspecified atom stereocenters. The Morgan fingerprint density at radius 3 is 2.59 bits per heavy atom. The number of nitrogens with one attached hydrogen (secondary N) is 1. The van der Waals surface area contributed by atoms with Crippen molar-refractivity contribution in [2.45, 2.75) is 33.7 Å². The zero-order valence-corrected chi connectivity index (χ0v) is 11.7. The van der Waals surface area contributed by atoms with Crippen LogP contribution in [-0.2, 0) is 20.0 Å². The quantitative estimate of drug-likeness (QED) is 0.695. The van der Waals surface area contributed by atoms with E-state index in [1.165, 1.54) is 11.3 Å². The van der Waals surface area contributed by atoms with Crippen LogP contribution < -0.4 is 5.32 Å². The highest BCUT2D eigenvalue weighted by molar-refractivity contribution is 5.16. The first-order valence-electron chi connectivity index (χ1n) is 6.65. The first-order chi connectivity index (χ1) is 8.21. The summed E-state index contributed by atoms with van der Waals surface area (Å²) in [5.74, 6) is 0. The van der Waals surface area contributed by atoms with Crippen LogP contribution in [0.5, 0.6) is 0 Å². The van der Waals surface area contributed by atoms with Crippen molar-refractivity contribution in [3.63, 3.8) is 0 Å². The van der Waals surface area contributed by atoms with Gasteiger partial charge in [0.2, 0.25) is 0 Å². The minimum atomic E-state index is 0.929. The highest BCUT2D eigenvalue weighted by Crippen LogP contribution is 2.06. The fraction of sp³-hybridized carbons (Fsp3) is 0.769. The molecule has 0 spiro atoms. The topological polar surface area (TPSA) is 33.1 Å². The molecule has 1 aromatic heterocycles. The zero-order chi connectivity index (χ0) is 12.7. The lowest BCUT2D eigenvalue weighted by Gasteiger charge is -2.17. The normalized spacial score (nSPS) is 11.4. The largest absolute Gasteiger partial charge is 0.311 e. The maximum absolute atomic E-state index is 4.44. The summed E-state index contributed by atoms with van der Waals surface area (Å²) in [4.78, 5) is 2.43. The smallest absolute Gasteiger partial charge is 0.0666 e. The maximum Gasteiger partial charge on any atom is 0.0666 e. The summed E-state index contributed by atoms with van der Waals surface area (Å²) in [6.07, 6.45) is 3.12. The summed E-state index contributed by atoms with van der Waals surface area (Å²) in [6, 6.07) is 0. The minimum absolute atomic E-state index is 0.929. The Kier molecular flexibility index (Phi) is 6.22. The van der Waals surface area contributed by atoms with Gasteiger partial charge in [-0.15, -0.1) is 0 Å². The second-order valence-corrected chi connectivity index (χ2v) is 4.33. The van der Waals surface area contributed by atoms with E-state index in [-0.39, 0.29) is 0 Å². The second kappa shape index (κ2) is 7.45. The van der Waals surface area contributed by atoms with E-state index in [1.807, 2.05) is 11.7 Å². The first kappa shape index (κ1) is 14.2. The highest BCUT2D eigenvalue weighted by atomic mass is 15.3. The van der Waals surface area contributed by atoms with Crippen LogP contribution in [0.15, 0.2) is 6.20 Å². The Morgan fingerprint density at radius 2 is 2.00 bits per heavy atom. The van der Waals surface area contributed by atoms with E-state index in [1.54, 1.807) is 0 Å². The van der Waals surface area contributed by atoms with E-state index in [9.17, 15) is 0 Å². The molecule has 1 heterocycles. The molecule has 4 nitrogen and oxygen atoms in total. The molecule has 0 atom stereocenters. The summed E-state index contributed by atoms with van der Waals surface area (Å²) in [5, 5.41) is 7.94. The van der Waals surface area contributed by atoms with Gasteiger partial charge in [0.15, 0.2) is 0 Å². The number of hydrogen-bond donors (Lipinski definition) is 1. The molecule has 0 saturated carbocycles. The van der Waals surface area contributed by atoms with Crippen molar-refractivity contribution in [1.29, 1.82) is 0 Å². The van der Waals surface area contributed by atoms with Crippen molar-refractivity contribution in [3.05, 3.63) is 17.5 Å². The number of aryl methyl sites for hydroxylation is 2. The number of hydrogen-bond acceptors (Lipinski definition) is 3. The van der Waals surface area contributed by atoms with Crippen molar-refractivity contribution in [3.8, 4) is 0 Å². The molecule has 0 aliphatic heterocycles. The molecular formula is C13H26N4. The third-order valence-electron chi connectivity index (χ3n) is 3.14. The van der Waals surface area contributed by atoms with Crippen molar-refractivity contribution < 1.29 is 0 Å². The highest BCUT2D eigenvalue weighted by Gasteiger charge is 2.05. The van der Waals surface area contributed by atoms with Gasteiger partial charge in [0.1, 0.15) is 0 Å². The van der Waals surface area contributed by atoms with E-state index in [0.717, 1.165) is 39.1 Å². The molecule has 0 amide bonds. The lowest BCUT2D eigenvalue weighted by atomic mass is 10.2. The SMILES string of the molecule is CCc1nn(C)cc1CNCCN(CC)CC. The predicted molar refractivity (Wildman–Crippen MR) is 72.1 cm³/mol. The Labute approximate surface area is 105 Å². The molecule has 1 N–H and O–H groups in total. The molecule has 1 rings (SSSR count). The van der Waals surface area contributed by atoms with Crippen LogP contribution in [0.25, 0.3) is 0 Å². The zero-order valence-electron chi connectivity index (χ0n) is 11.7. The molecular weight excluding hydrogens is 212 g/mol. The van der Waals surface area contributed by atoms with Gasteiger partial charge in [-0.05, 0) is 19.5 Å². The van der Waals surface area contributed by atoms with Gasteiger partial charge in [0.05, 0.1) is 5.69 Å². The van der Waals surface area contributed by atoms with Gasteiger partial charge < -0.3 is 10.2 Å². The van der Waals surface area contributed by atoms with Crippen LogP contribution in [0.4, 0.5) is 0 Å².